The largest absolute Gasteiger partial charge is 0.483 e. The molecular weight excluding hydrogens is 779 g/mol. The first kappa shape index (κ1) is 33.4. The summed E-state index contributed by atoms with van der Waals surface area (Å²) in [7, 11) is 0. The zero-order chi connectivity index (χ0) is 36.1. The van der Waals surface area contributed by atoms with Gasteiger partial charge >= 0.3 is 11.0 Å². The molecule has 5 aromatic rings. The fourth-order valence-corrected chi connectivity index (χ4v) is 12.3. The molecule has 2 saturated carbocycles. The van der Waals surface area contributed by atoms with Gasteiger partial charge in [0.05, 0.1) is 28.1 Å². The monoisotopic (exact) mass is 805 g/mol. The molecule has 0 spiro atoms. The molecule has 2 aliphatic heterocycles. The summed E-state index contributed by atoms with van der Waals surface area (Å²) in [5.41, 5.74) is 0.368. The Balaban J connectivity index is 1.05. The van der Waals surface area contributed by atoms with Crippen molar-refractivity contribution in [3.8, 4) is 5.75 Å². The highest BCUT2D eigenvalue weighted by Gasteiger charge is 2.70. The number of amides is 3. The maximum atomic E-state index is 14.1. The number of hydrogen-bond acceptors (Lipinski definition) is 7. The van der Waals surface area contributed by atoms with Gasteiger partial charge in [0.15, 0.2) is 6.61 Å². The number of benzene rings is 4. The molecule has 7 atom stereocenters. The van der Waals surface area contributed by atoms with Crippen LogP contribution in [0.15, 0.2) is 99.2 Å². The second-order valence-corrected chi connectivity index (χ2v) is 16.7. The molecule has 4 aromatic carbocycles. The SMILES string of the molecule is O=C(COc1ccc(Br)cc1[C@H]1c2sc(=O)[nH]c2SC2C1[C@H]1C[C@@H]2C2C(=O)N(c3cccc(C(F)(F)F)c3)C(=O)C21)Nc1cccc2ccccc12. The predicted molar refractivity (Wildman–Crippen MR) is 195 cm³/mol. The van der Waals surface area contributed by atoms with Gasteiger partial charge in [0, 0.05) is 37.2 Å². The van der Waals surface area contributed by atoms with Gasteiger partial charge in [-0.25, -0.2) is 0 Å². The molecule has 3 amide bonds. The summed E-state index contributed by atoms with van der Waals surface area (Å²) in [4.78, 5) is 58.7. The number of H-pyrrole nitrogens is 1. The van der Waals surface area contributed by atoms with Crippen molar-refractivity contribution in [2.75, 3.05) is 16.8 Å². The number of hydrogen-bond donors (Lipinski definition) is 2. The molecule has 3 heterocycles. The van der Waals surface area contributed by atoms with Crippen LogP contribution in [0, 0.1) is 29.6 Å². The summed E-state index contributed by atoms with van der Waals surface area (Å²) in [5.74, 6) is -3.41. The number of nitrogens with zero attached hydrogens (tertiary/aromatic N) is 1. The van der Waals surface area contributed by atoms with E-state index in [1.165, 1.54) is 23.9 Å². The third-order valence-electron chi connectivity index (χ3n) is 10.9. The first-order valence-electron chi connectivity index (χ1n) is 16.6. The fourth-order valence-electron chi connectivity index (χ4n) is 9.00. The maximum Gasteiger partial charge on any atom is 0.416 e. The normalized spacial score (nSPS) is 26.0. The number of imide groups is 1. The Labute approximate surface area is 310 Å². The van der Waals surface area contributed by atoms with E-state index in [2.05, 4.69) is 26.2 Å². The molecular formula is C38H27BrF3N3O5S2. The van der Waals surface area contributed by atoms with Crippen LogP contribution in [0.3, 0.4) is 0 Å². The first-order chi connectivity index (χ1) is 25.0. The quantitative estimate of drug-likeness (QED) is 0.168. The number of fused-ring (bicyclic) bond motifs is 10. The lowest BCUT2D eigenvalue weighted by atomic mass is 9.68. The van der Waals surface area contributed by atoms with Crippen LogP contribution in [0.1, 0.15) is 28.3 Å². The topological polar surface area (TPSA) is 109 Å². The van der Waals surface area contributed by atoms with Gasteiger partial charge in [-0.2, -0.15) is 13.2 Å². The van der Waals surface area contributed by atoms with Gasteiger partial charge in [-0.15, -0.1) is 11.8 Å². The van der Waals surface area contributed by atoms with E-state index in [-0.39, 0.29) is 46.1 Å². The van der Waals surface area contributed by atoms with Crippen molar-refractivity contribution in [2.24, 2.45) is 29.6 Å². The number of anilines is 2. The predicted octanol–water partition coefficient (Wildman–Crippen LogP) is 8.07. The molecule has 0 radical (unpaired) electrons. The minimum Gasteiger partial charge on any atom is -0.483 e. The van der Waals surface area contributed by atoms with E-state index in [0.29, 0.717) is 22.9 Å². The average Bonchev–Trinajstić information content (AvgIpc) is 3.86. The Kier molecular flexibility index (Phi) is 7.94. The van der Waals surface area contributed by atoms with Gasteiger partial charge in [-0.05, 0) is 72.0 Å². The number of thioether (sulfide) groups is 1. The number of carbonyl (C=O) groups is 3. The second kappa shape index (κ2) is 12.3. The number of carbonyl (C=O) groups excluding carboxylic acids is 3. The number of nitrogens with one attached hydrogen (secondary N) is 2. The van der Waals surface area contributed by atoms with Crippen molar-refractivity contribution in [1.82, 2.24) is 4.98 Å². The first-order valence-corrected chi connectivity index (χ1v) is 19.1. The van der Waals surface area contributed by atoms with Gasteiger partial charge in [0.25, 0.3) is 5.91 Å². The lowest BCUT2D eigenvalue weighted by Gasteiger charge is -2.43. The molecule has 8 nitrogen and oxygen atoms in total. The summed E-state index contributed by atoms with van der Waals surface area (Å²) in [6, 6.07) is 23.2. The van der Waals surface area contributed by atoms with E-state index in [1.54, 1.807) is 12.1 Å². The minimum absolute atomic E-state index is 0.0845. The highest BCUT2D eigenvalue weighted by atomic mass is 79.9. The van der Waals surface area contributed by atoms with Crippen molar-refractivity contribution in [2.45, 2.75) is 28.8 Å². The summed E-state index contributed by atoms with van der Waals surface area (Å²) < 4.78 is 47.8. The van der Waals surface area contributed by atoms with Crippen LogP contribution < -0.4 is 19.8 Å². The molecule has 2 aliphatic carbocycles. The number of alkyl halides is 3. The van der Waals surface area contributed by atoms with Gasteiger partial charge in [0.1, 0.15) is 5.75 Å². The highest BCUT2D eigenvalue weighted by molar-refractivity contribution is 9.10. The third-order valence-corrected chi connectivity index (χ3v) is 14.0. The number of aromatic amines is 1. The lowest BCUT2D eigenvalue weighted by molar-refractivity contribution is -0.137. The van der Waals surface area contributed by atoms with Crippen LogP contribution >= 0.6 is 39.0 Å². The third kappa shape index (κ3) is 5.32. The maximum absolute atomic E-state index is 14.1. The number of halogens is 4. The Bertz CT molecular complexity index is 2370. The zero-order valence-corrected chi connectivity index (χ0v) is 30.1. The van der Waals surface area contributed by atoms with E-state index in [1.807, 2.05) is 48.5 Å². The molecule has 14 heteroatoms. The Hall–Kier alpha value is -4.40. The van der Waals surface area contributed by atoms with Crippen LogP contribution in [0.5, 0.6) is 5.75 Å². The molecule has 9 rings (SSSR count). The van der Waals surface area contributed by atoms with E-state index >= 15 is 0 Å². The van der Waals surface area contributed by atoms with E-state index in [9.17, 15) is 32.3 Å². The summed E-state index contributed by atoms with van der Waals surface area (Å²) in [5, 5.41) is 5.36. The van der Waals surface area contributed by atoms with Crippen LogP contribution in [0.4, 0.5) is 24.5 Å². The van der Waals surface area contributed by atoms with Crippen LogP contribution in [0.25, 0.3) is 10.8 Å². The smallest absolute Gasteiger partial charge is 0.416 e. The second-order valence-electron chi connectivity index (χ2n) is 13.6. The summed E-state index contributed by atoms with van der Waals surface area (Å²) in [6.45, 7) is -0.292. The average molecular weight is 807 g/mol. The minimum atomic E-state index is -4.63. The summed E-state index contributed by atoms with van der Waals surface area (Å²) >= 11 is 6.18. The molecule has 3 fully saturated rings. The van der Waals surface area contributed by atoms with E-state index in [4.69, 9.17) is 4.74 Å². The summed E-state index contributed by atoms with van der Waals surface area (Å²) in [6.07, 6.45) is -4.04. The van der Waals surface area contributed by atoms with Crippen molar-refractivity contribution in [1.29, 1.82) is 0 Å². The molecule has 4 aliphatic rings. The van der Waals surface area contributed by atoms with Crippen LogP contribution in [0.2, 0.25) is 0 Å². The number of rotatable bonds is 6. The van der Waals surface area contributed by atoms with E-state index in [0.717, 1.165) is 54.1 Å². The molecule has 2 bridgehead atoms. The lowest BCUT2D eigenvalue weighted by Crippen LogP contribution is -2.42. The van der Waals surface area contributed by atoms with Gasteiger partial charge < -0.3 is 15.0 Å². The molecule has 4 unspecified atom stereocenters. The number of ether oxygens (including phenoxy) is 1. The van der Waals surface area contributed by atoms with Crippen LogP contribution in [-0.2, 0) is 20.6 Å². The van der Waals surface area contributed by atoms with Gasteiger partial charge in [0.2, 0.25) is 11.8 Å². The van der Waals surface area contributed by atoms with Crippen molar-refractivity contribution in [3.05, 3.63) is 115 Å². The Morgan fingerprint density at radius 3 is 2.50 bits per heavy atom. The Morgan fingerprint density at radius 1 is 0.942 bits per heavy atom. The van der Waals surface area contributed by atoms with E-state index < -0.39 is 41.3 Å². The molecule has 52 heavy (non-hydrogen) atoms. The molecule has 1 saturated heterocycles. The van der Waals surface area contributed by atoms with Crippen molar-refractivity contribution >= 4 is 78.9 Å². The van der Waals surface area contributed by atoms with Crippen LogP contribution in [-0.4, -0.2) is 34.6 Å². The highest BCUT2D eigenvalue weighted by Crippen LogP contribution is 2.69. The number of aromatic nitrogens is 1. The fraction of sp³-hybridized carbons (Fsp3) is 0.263. The Morgan fingerprint density at radius 2 is 1.69 bits per heavy atom. The molecule has 264 valence electrons. The number of thiazole rings is 1. The molecule has 1 aromatic heterocycles. The van der Waals surface area contributed by atoms with Crippen molar-refractivity contribution < 1.29 is 32.3 Å². The van der Waals surface area contributed by atoms with Gasteiger partial charge in [-0.3, -0.25) is 24.1 Å². The van der Waals surface area contributed by atoms with Crippen molar-refractivity contribution in [3.63, 3.8) is 0 Å². The zero-order valence-electron chi connectivity index (χ0n) is 26.9. The standard InChI is InChI=1S/C38H27BrF3N3O5S2/c39-19-11-12-26(50-16-27(46)43-25-10-3-6-17-5-1-2-9-21(17)25)22(14-19)28-29-23-15-24(32(29)51-34-33(28)52-37(49)44-34)31-30(23)35(47)45(36(31)48)20-8-4-7-18(13-20)38(40,41)42/h1-14,23-24,28-32H,15-16H2,(H,43,46)(H,44,49)/t23-,24-,28-,29?,30?,31?,32?/m1/s1. The van der Waals surface area contributed by atoms with Gasteiger partial charge in [-0.1, -0.05) is 69.7 Å². The molecule has 2 N–H and O–H groups in total.